The van der Waals surface area contributed by atoms with Crippen molar-refractivity contribution >= 4 is 41.0 Å². The van der Waals surface area contributed by atoms with Gasteiger partial charge in [0.1, 0.15) is 12.9 Å². The number of hydrogen-bond acceptors (Lipinski definition) is 7. The lowest BCUT2D eigenvalue weighted by Gasteiger charge is -2.26. The minimum atomic E-state index is -1.14. The van der Waals surface area contributed by atoms with E-state index in [-0.39, 0.29) is 30.8 Å². The minimum absolute atomic E-state index is 0.0224. The van der Waals surface area contributed by atoms with Crippen LogP contribution < -0.4 is 15.8 Å². The van der Waals surface area contributed by atoms with Gasteiger partial charge in [-0.25, -0.2) is 9.59 Å². The first kappa shape index (κ1) is 29.6. The molecule has 0 bridgehead atoms. The average molecular weight is 560 g/mol. The van der Waals surface area contributed by atoms with E-state index in [1.807, 2.05) is 6.92 Å². The Balaban J connectivity index is 1.93. The number of amides is 3. The molecule has 0 aromatic heterocycles. The zero-order valence-electron chi connectivity index (χ0n) is 22.4. The zero-order chi connectivity index (χ0) is 28.7. The summed E-state index contributed by atoms with van der Waals surface area (Å²) in [7, 11) is 4.72. The number of benzene rings is 2. The molecule has 0 spiro atoms. The van der Waals surface area contributed by atoms with Crippen LogP contribution in [0.1, 0.15) is 47.3 Å². The second-order valence-corrected chi connectivity index (χ2v) is 9.73. The van der Waals surface area contributed by atoms with Crippen molar-refractivity contribution in [3.8, 4) is 5.75 Å². The predicted molar refractivity (Wildman–Crippen MR) is 148 cm³/mol. The van der Waals surface area contributed by atoms with Crippen LogP contribution in [0.3, 0.4) is 0 Å². The van der Waals surface area contributed by atoms with Crippen molar-refractivity contribution < 1.29 is 29.1 Å². The molecular formula is C27H34ClN5O6. The first-order chi connectivity index (χ1) is 18.6. The summed E-state index contributed by atoms with van der Waals surface area (Å²) in [6.45, 7) is 2.14. The molecule has 1 saturated heterocycles. The number of imide groups is 1. The molecule has 3 rings (SSSR count). The third kappa shape index (κ3) is 7.11. The quantitative estimate of drug-likeness (QED) is 0.311. The van der Waals surface area contributed by atoms with Gasteiger partial charge < -0.3 is 30.6 Å². The summed E-state index contributed by atoms with van der Waals surface area (Å²) in [4.78, 5) is 46.7. The number of ether oxygens (including phenoxy) is 1. The number of nitrogen functional groups attached to an aromatic ring is 1. The first-order valence-corrected chi connectivity index (χ1v) is 12.8. The van der Waals surface area contributed by atoms with Gasteiger partial charge in [0.15, 0.2) is 5.84 Å². The molecule has 1 fully saturated rings. The maximum atomic E-state index is 13.8. The number of carboxylic acids is 1. The van der Waals surface area contributed by atoms with Crippen molar-refractivity contribution in [2.24, 2.45) is 11.1 Å². The highest BCUT2D eigenvalue weighted by atomic mass is 35.5. The van der Waals surface area contributed by atoms with Gasteiger partial charge >= 0.3 is 12.0 Å². The number of carboxylic acid groups (broad SMARTS) is 1. The highest BCUT2D eigenvalue weighted by Gasteiger charge is 2.37. The van der Waals surface area contributed by atoms with Crippen molar-refractivity contribution in [2.75, 3.05) is 40.1 Å². The molecule has 1 heterocycles. The maximum absolute atomic E-state index is 13.8. The first-order valence-electron chi connectivity index (χ1n) is 12.5. The molecule has 2 aromatic rings. The Bertz CT molecular complexity index is 1250. The lowest BCUT2D eigenvalue weighted by Crippen LogP contribution is -2.48. The molecule has 39 heavy (non-hydrogen) atoms. The Morgan fingerprint density at radius 2 is 2.00 bits per heavy atom. The summed E-state index contributed by atoms with van der Waals surface area (Å²) in [5.41, 5.74) is 7.40. The fraction of sp³-hybridized carbons (Fsp3) is 0.407. The van der Waals surface area contributed by atoms with Crippen molar-refractivity contribution in [1.82, 2.24) is 15.1 Å². The van der Waals surface area contributed by atoms with Crippen molar-refractivity contribution in [1.29, 1.82) is 0 Å². The Hall–Kier alpha value is -3.99. The van der Waals surface area contributed by atoms with Gasteiger partial charge in [0.2, 0.25) is 5.91 Å². The molecule has 4 N–H and O–H groups in total. The van der Waals surface area contributed by atoms with E-state index < -0.39 is 29.9 Å². The Morgan fingerprint density at radius 1 is 1.26 bits per heavy atom. The van der Waals surface area contributed by atoms with Gasteiger partial charge in [0, 0.05) is 24.3 Å². The standard InChI is InChI=1S/C27H34ClN5O6/c1-5-6-22(16-7-9-20(26(35)36)21(29)13-16)30-27(37)33-15-24(31-39-4)32(2)14-18(25(33)34)11-17-12-19(28)8-10-23(17)38-3/h7-10,12-13,18,22H,5-6,11,14-15,29H2,1-4H3,(H,30,37)(H,35,36)/b31-24-/t18-,22+/m0/s1. The molecule has 3 amide bonds. The average Bonchev–Trinajstić information content (AvgIpc) is 3.00. The number of rotatable bonds is 9. The maximum Gasteiger partial charge on any atom is 0.337 e. The summed E-state index contributed by atoms with van der Waals surface area (Å²) in [5, 5.41) is 16.8. The number of methoxy groups -OCH3 is 1. The van der Waals surface area contributed by atoms with E-state index in [9.17, 15) is 19.5 Å². The van der Waals surface area contributed by atoms with Crippen molar-refractivity contribution in [2.45, 2.75) is 32.2 Å². The van der Waals surface area contributed by atoms with Crippen LogP contribution in [-0.2, 0) is 16.1 Å². The topological polar surface area (TPSA) is 147 Å². The summed E-state index contributed by atoms with van der Waals surface area (Å²) in [6, 6.07) is 8.64. The Labute approximate surface area is 232 Å². The molecule has 1 aliphatic rings. The number of carbonyl (C=O) groups is 3. The van der Waals surface area contributed by atoms with Gasteiger partial charge in [-0.2, -0.15) is 0 Å². The van der Waals surface area contributed by atoms with Crippen molar-refractivity contribution in [3.05, 3.63) is 58.1 Å². The van der Waals surface area contributed by atoms with Gasteiger partial charge in [0.25, 0.3) is 0 Å². The molecule has 2 atom stereocenters. The summed E-state index contributed by atoms with van der Waals surface area (Å²) >= 11 is 6.21. The van der Waals surface area contributed by atoms with Gasteiger partial charge in [-0.15, -0.1) is 0 Å². The molecule has 12 heteroatoms. The van der Waals surface area contributed by atoms with Crippen molar-refractivity contribution in [3.63, 3.8) is 0 Å². The third-order valence-corrected chi connectivity index (χ3v) is 6.82. The number of anilines is 1. The number of hydrogen-bond donors (Lipinski definition) is 3. The zero-order valence-corrected chi connectivity index (χ0v) is 23.2. The van der Waals surface area contributed by atoms with Gasteiger partial charge in [-0.05, 0) is 54.3 Å². The predicted octanol–water partition coefficient (Wildman–Crippen LogP) is 3.77. The summed E-state index contributed by atoms with van der Waals surface area (Å²) in [5.74, 6) is -1.15. The van der Waals surface area contributed by atoms with Crippen LogP contribution in [0, 0.1) is 5.92 Å². The molecule has 11 nitrogen and oxygen atoms in total. The number of urea groups is 1. The number of nitrogens with two attached hydrogens (primary N) is 1. The molecule has 0 unspecified atom stereocenters. The number of nitrogens with zero attached hydrogens (tertiary/aromatic N) is 3. The molecule has 2 aromatic carbocycles. The van der Waals surface area contributed by atoms with Gasteiger partial charge in [-0.1, -0.05) is 36.2 Å². The lowest BCUT2D eigenvalue weighted by molar-refractivity contribution is -0.131. The molecule has 0 aliphatic carbocycles. The number of oxime groups is 1. The number of aromatic carboxylic acids is 1. The number of amidine groups is 1. The SMILES string of the molecule is CCC[C@@H](NC(=O)N1C/C(=N/OC)N(C)C[C@H](Cc2cc(Cl)ccc2OC)C1=O)c1ccc(C(=O)O)c(N)c1. The van der Waals surface area contributed by atoms with Crippen LogP contribution in [0.25, 0.3) is 0 Å². The largest absolute Gasteiger partial charge is 0.496 e. The van der Waals surface area contributed by atoms with Gasteiger partial charge in [0.05, 0.1) is 31.2 Å². The monoisotopic (exact) mass is 559 g/mol. The van der Waals surface area contributed by atoms with E-state index >= 15 is 0 Å². The highest BCUT2D eigenvalue weighted by molar-refractivity contribution is 6.30. The Kier molecular flexibility index (Phi) is 10.00. The fourth-order valence-corrected chi connectivity index (χ4v) is 4.80. The number of carbonyl (C=O) groups excluding carboxylic acids is 2. The van der Waals surface area contributed by atoms with E-state index in [1.54, 1.807) is 43.3 Å². The van der Waals surface area contributed by atoms with Crippen LogP contribution >= 0.6 is 11.6 Å². The number of nitrogens with one attached hydrogen (secondary N) is 1. The molecule has 210 valence electrons. The van der Waals surface area contributed by atoms with Crippen LogP contribution in [0.4, 0.5) is 10.5 Å². The smallest absolute Gasteiger partial charge is 0.337 e. The number of halogens is 1. The van der Waals surface area contributed by atoms with Crippen LogP contribution in [0.15, 0.2) is 41.6 Å². The second-order valence-electron chi connectivity index (χ2n) is 9.29. The minimum Gasteiger partial charge on any atom is -0.496 e. The number of likely N-dealkylation sites (N-methyl/N-ethyl adjacent to an activating group) is 1. The molecule has 0 saturated carbocycles. The fourth-order valence-electron chi connectivity index (χ4n) is 4.60. The lowest BCUT2D eigenvalue weighted by atomic mass is 9.97. The summed E-state index contributed by atoms with van der Waals surface area (Å²) in [6.07, 6.45) is 1.54. The summed E-state index contributed by atoms with van der Waals surface area (Å²) < 4.78 is 5.46. The molecule has 0 radical (unpaired) electrons. The highest BCUT2D eigenvalue weighted by Crippen LogP contribution is 2.28. The molecular weight excluding hydrogens is 526 g/mol. The van der Waals surface area contributed by atoms with E-state index in [0.717, 1.165) is 16.9 Å². The second kappa shape index (κ2) is 13.2. The van der Waals surface area contributed by atoms with E-state index in [4.69, 9.17) is 26.9 Å². The normalized spacial score (nSPS) is 17.5. The van der Waals surface area contributed by atoms with Crippen LogP contribution in [0.5, 0.6) is 5.75 Å². The van der Waals surface area contributed by atoms with Gasteiger partial charge in [-0.3, -0.25) is 9.69 Å². The third-order valence-electron chi connectivity index (χ3n) is 6.58. The van der Waals surface area contributed by atoms with Crippen LogP contribution in [-0.4, -0.2) is 73.0 Å². The van der Waals surface area contributed by atoms with E-state index in [1.165, 1.54) is 19.2 Å². The molecule has 1 aliphatic heterocycles. The van der Waals surface area contributed by atoms with E-state index in [2.05, 4.69) is 10.5 Å². The Morgan fingerprint density at radius 3 is 2.62 bits per heavy atom. The van der Waals surface area contributed by atoms with E-state index in [0.29, 0.717) is 28.6 Å². The van der Waals surface area contributed by atoms with Crippen LogP contribution in [0.2, 0.25) is 5.02 Å².